The van der Waals surface area contributed by atoms with Gasteiger partial charge in [0.15, 0.2) is 0 Å². The molecule has 0 amide bonds. The summed E-state index contributed by atoms with van der Waals surface area (Å²) in [6, 6.07) is 0. The predicted molar refractivity (Wildman–Crippen MR) is 80.9 cm³/mol. The molecule has 0 aromatic carbocycles. The van der Waals surface area contributed by atoms with Crippen molar-refractivity contribution in [3.8, 4) is 0 Å². The van der Waals surface area contributed by atoms with Crippen molar-refractivity contribution in [3.63, 3.8) is 0 Å². The Morgan fingerprint density at radius 3 is 2.74 bits per heavy atom. The van der Waals surface area contributed by atoms with E-state index in [1.54, 1.807) is 0 Å². The van der Waals surface area contributed by atoms with Gasteiger partial charge in [-0.2, -0.15) is 0 Å². The number of hydrogen-bond donors (Lipinski definition) is 0. The smallest absolute Gasteiger partial charge is 0.0145 e. The Labute approximate surface area is 119 Å². The van der Waals surface area contributed by atoms with Gasteiger partial charge in [-0.25, -0.2) is 0 Å². The second kappa shape index (κ2) is 4.12. The first-order chi connectivity index (χ1) is 9.13. The van der Waals surface area contributed by atoms with Crippen molar-refractivity contribution in [3.05, 3.63) is 12.2 Å². The number of allylic oxidation sites excluding steroid dienone is 2. The highest BCUT2D eigenvalue weighted by Gasteiger charge is 2.56. The van der Waals surface area contributed by atoms with Crippen LogP contribution in [-0.2, 0) is 0 Å². The molecule has 6 atom stereocenters. The first-order valence-electron chi connectivity index (χ1n) is 8.80. The molecule has 4 aliphatic rings. The third-order valence-electron chi connectivity index (χ3n) is 7.88. The molecule has 0 aromatic rings. The van der Waals surface area contributed by atoms with Gasteiger partial charge in [-0.15, -0.1) is 0 Å². The van der Waals surface area contributed by atoms with Gasteiger partial charge < -0.3 is 0 Å². The second-order valence-electron chi connectivity index (χ2n) is 8.65. The highest BCUT2D eigenvalue weighted by Crippen LogP contribution is 2.64. The summed E-state index contributed by atoms with van der Waals surface area (Å²) >= 11 is 0. The molecular weight excluding hydrogens is 228 g/mol. The fourth-order valence-corrected chi connectivity index (χ4v) is 6.72. The monoisotopic (exact) mass is 258 g/mol. The van der Waals surface area contributed by atoms with E-state index in [2.05, 4.69) is 26.0 Å². The van der Waals surface area contributed by atoms with Crippen LogP contribution in [0.15, 0.2) is 12.2 Å². The zero-order valence-electron chi connectivity index (χ0n) is 12.8. The van der Waals surface area contributed by atoms with Gasteiger partial charge in [0.25, 0.3) is 0 Å². The van der Waals surface area contributed by atoms with Gasteiger partial charge in [-0.3, -0.25) is 0 Å². The van der Waals surface area contributed by atoms with E-state index in [4.69, 9.17) is 0 Å². The van der Waals surface area contributed by atoms with E-state index < -0.39 is 0 Å². The summed E-state index contributed by atoms with van der Waals surface area (Å²) in [5, 5.41) is 0. The molecule has 4 aliphatic carbocycles. The molecular formula is C19H30. The summed E-state index contributed by atoms with van der Waals surface area (Å²) in [5.41, 5.74) is 1.35. The van der Waals surface area contributed by atoms with Crippen molar-refractivity contribution >= 4 is 0 Å². The van der Waals surface area contributed by atoms with Crippen molar-refractivity contribution in [1.82, 2.24) is 0 Å². The van der Waals surface area contributed by atoms with Crippen molar-refractivity contribution < 1.29 is 0 Å². The Morgan fingerprint density at radius 2 is 1.84 bits per heavy atom. The van der Waals surface area contributed by atoms with Gasteiger partial charge in [-0.1, -0.05) is 38.8 Å². The molecule has 4 rings (SSSR count). The highest BCUT2D eigenvalue weighted by molar-refractivity contribution is 5.15. The Morgan fingerprint density at radius 1 is 0.947 bits per heavy atom. The van der Waals surface area contributed by atoms with Gasteiger partial charge in [0, 0.05) is 0 Å². The number of hydrogen-bond acceptors (Lipinski definition) is 0. The van der Waals surface area contributed by atoms with E-state index in [9.17, 15) is 0 Å². The lowest BCUT2D eigenvalue weighted by molar-refractivity contribution is -0.0953. The minimum atomic E-state index is 0.638. The largest absolute Gasteiger partial charge is 0.0877 e. The third kappa shape index (κ3) is 1.64. The van der Waals surface area contributed by atoms with Crippen LogP contribution in [0.25, 0.3) is 0 Å². The van der Waals surface area contributed by atoms with Crippen molar-refractivity contribution in [2.24, 2.45) is 34.5 Å². The molecule has 3 fully saturated rings. The van der Waals surface area contributed by atoms with Gasteiger partial charge in [-0.05, 0) is 79.4 Å². The molecule has 0 saturated heterocycles. The molecule has 0 N–H and O–H groups in total. The Kier molecular flexibility index (Phi) is 2.71. The van der Waals surface area contributed by atoms with Crippen LogP contribution in [0.3, 0.4) is 0 Å². The molecule has 0 aliphatic heterocycles. The standard InChI is InChI=1S/C19H30/c1-18-11-5-7-16(18)15-9-8-14-6-3-4-12-19(14,2)17(15)10-13-18/h5,7,14-17H,3-4,6,8-13H2,1-2H3/t14?,15-,16-,17+,18-,19-/m0/s1. The van der Waals surface area contributed by atoms with Crippen LogP contribution in [0, 0.1) is 34.5 Å². The first-order valence-corrected chi connectivity index (χ1v) is 8.80. The van der Waals surface area contributed by atoms with Crippen molar-refractivity contribution in [2.45, 2.75) is 71.6 Å². The summed E-state index contributed by atoms with van der Waals surface area (Å²) < 4.78 is 0. The fraction of sp³-hybridized carbons (Fsp3) is 0.895. The predicted octanol–water partition coefficient (Wildman–Crippen LogP) is 5.59. The maximum atomic E-state index is 2.68. The van der Waals surface area contributed by atoms with Gasteiger partial charge in [0.05, 0.1) is 0 Å². The average Bonchev–Trinajstić information content (AvgIpc) is 2.79. The van der Waals surface area contributed by atoms with E-state index >= 15 is 0 Å². The maximum Gasteiger partial charge on any atom is -0.0145 e. The quantitative estimate of drug-likeness (QED) is 0.497. The molecule has 3 saturated carbocycles. The topological polar surface area (TPSA) is 0 Å². The third-order valence-corrected chi connectivity index (χ3v) is 7.88. The fourth-order valence-electron chi connectivity index (χ4n) is 6.72. The summed E-state index contributed by atoms with van der Waals surface area (Å²) in [6.45, 7) is 5.25. The van der Waals surface area contributed by atoms with Gasteiger partial charge in [0.2, 0.25) is 0 Å². The van der Waals surface area contributed by atoms with Crippen LogP contribution in [0.5, 0.6) is 0 Å². The van der Waals surface area contributed by atoms with Gasteiger partial charge >= 0.3 is 0 Å². The molecule has 106 valence electrons. The second-order valence-corrected chi connectivity index (χ2v) is 8.65. The van der Waals surface area contributed by atoms with Crippen LogP contribution in [0.2, 0.25) is 0 Å². The summed E-state index contributed by atoms with van der Waals surface area (Å²) in [5.74, 6) is 4.06. The van der Waals surface area contributed by atoms with E-state index in [-0.39, 0.29) is 0 Å². The maximum absolute atomic E-state index is 2.68. The number of rotatable bonds is 0. The zero-order valence-corrected chi connectivity index (χ0v) is 12.8. The minimum absolute atomic E-state index is 0.638. The van der Waals surface area contributed by atoms with Crippen LogP contribution in [0.1, 0.15) is 71.6 Å². The Hall–Kier alpha value is -0.260. The summed E-state index contributed by atoms with van der Waals surface area (Å²) in [7, 11) is 0. The molecule has 0 heterocycles. The van der Waals surface area contributed by atoms with Crippen molar-refractivity contribution in [2.75, 3.05) is 0 Å². The molecule has 0 aromatic heterocycles. The van der Waals surface area contributed by atoms with E-state index in [0.717, 1.165) is 23.7 Å². The number of fused-ring (bicyclic) bond motifs is 5. The van der Waals surface area contributed by atoms with Crippen LogP contribution >= 0.6 is 0 Å². The van der Waals surface area contributed by atoms with Crippen LogP contribution in [-0.4, -0.2) is 0 Å². The van der Waals surface area contributed by atoms with E-state index in [1.165, 1.54) is 57.8 Å². The molecule has 0 nitrogen and oxygen atoms in total. The summed E-state index contributed by atoms with van der Waals surface area (Å²) in [4.78, 5) is 0. The average molecular weight is 258 g/mol. The summed E-state index contributed by atoms with van der Waals surface area (Å²) in [6.07, 6.45) is 18.7. The minimum Gasteiger partial charge on any atom is -0.0877 e. The normalized spacial score (nSPS) is 56.3. The lowest BCUT2D eigenvalue weighted by Gasteiger charge is -2.59. The molecule has 0 spiro atoms. The highest BCUT2D eigenvalue weighted by atomic mass is 14.6. The molecule has 19 heavy (non-hydrogen) atoms. The molecule has 0 bridgehead atoms. The van der Waals surface area contributed by atoms with Crippen molar-refractivity contribution in [1.29, 1.82) is 0 Å². The van der Waals surface area contributed by atoms with Crippen LogP contribution in [0.4, 0.5) is 0 Å². The van der Waals surface area contributed by atoms with Crippen LogP contribution < -0.4 is 0 Å². The molecule has 0 heteroatoms. The molecule has 0 radical (unpaired) electrons. The SMILES string of the molecule is C[C@@]12CC=C[C@H]1[C@@H]1CCC3CCCC[C@]3(C)[C@@H]1CC2. The van der Waals surface area contributed by atoms with E-state index in [0.29, 0.717) is 10.8 Å². The molecule has 1 unspecified atom stereocenters. The Balaban J connectivity index is 1.66. The lowest BCUT2D eigenvalue weighted by atomic mass is 9.45. The first kappa shape index (κ1) is 12.5. The zero-order chi connectivity index (χ0) is 13.1. The van der Waals surface area contributed by atoms with Gasteiger partial charge in [0.1, 0.15) is 0 Å². The lowest BCUT2D eigenvalue weighted by Crippen LogP contribution is -2.51. The van der Waals surface area contributed by atoms with E-state index in [1.807, 2.05) is 0 Å². The Bertz CT molecular complexity index is 395.